The maximum atomic E-state index is 12.5. The Morgan fingerprint density at radius 1 is 1.35 bits per heavy atom. The van der Waals surface area contributed by atoms with E-state index in [1.54, 1.807) is 4.57 Å². The first-order valence-electron chi connectivity index (χ1n) is 7.00. The molecule has 2 heterocycles. The summed E-state index contributed by atoms with van der Waals surface area (Å²) >= 11 is 4.88. The van der Waals surface area contributed by atoms with Gasteiger partial charge in [0.05, 0.1) is 15.8 Å². The number of aromatic nitrogens is 2. The second kappa shape index (κ2) is 7.22. The molecule has 0 fully saturated rings. The van der Waals surface area contributed by atoms with Crippen LogP contribution >= 0.6 is 27.3 Å². The van der Waals surface area contributed by atoms with Crippen LogP contribution in [0.3, 0.4) is 0 Å². The highest BCUT2D eigenvalue weighted by atomic mass is 79.9. The molecule has 0 aliphatic carbocycles. The van der Waals surface area contributed by atoms with Crippen molar-refractivity contribution in [1.82, 2.24) is 9.55 Å². The zero-order valence-corrected chi connectivity index (χ0v) is 14.2. The van der Waals surface area contributed by atoms with Gasteiger partial charge in [-0.05, 0) is 34.8 Å². The number of rotatable bonds is 7. The van der Waals surface area contributed by atoms with E-state index in [1.807, 2.05) is 6.07 Å². The third-order valence-electron chi connectivity index (χ3n) is 3.05. The summed E-state index contributed by atoms with van der Waals surface area (Å²) in [5.41, 5.74) is -0.00287. The van der Waals surface area contributed by atoms with E-state index >= 15 is 0 Å². The summed E-state index contributed by atoms with van der Waals surface area (Å²) in [4.78, 5) is 17.8. The molecule has 0 spiro atoms. The molecular weight excluding hydrogens is 340 g/mol. The Balaban J connectivity index is 2.42. The molecule has 110 valence electrons. The molecule has 0 saturated heterocycles. The molecule has 2 aromatic heterocycles. The molecule has 0 aliphatic rings. The van der Waals surface area contributed by atoms with E-state index in [0.29, 0.717) is 24.5 Å². The lowest BCUT2D eigenvalue weighted by Gasteiger charge is -2.12. The van der Waals surface area contributed by atoms with E-state index in [9.17, 15) is 4.79 Å². The molecule has 2 aromatic rings. The van der Waals surface area contributed by atoms with Gasteiger partial charge in [0, 0.05) is 6.54 Å². The fourth-order valence-electron chi connectivity index (χ4n) is 1.90. The summed E-state index contributed by atoms with van der Waals surface area (Å²) in [7, 11) is 0. The predicted octanol–water partition coefficient (Wildman–Crippen LogP) is 4.20. The van der Waals surface area contributed by atoms with Crippen molar-refractivity contribution in [3.05, 3.63) is 20.2 Å². The number of thiophene rings is 1. The molecule has 0 bridgehead atoms. The van der Waals surface area contributed by atoms with Crippen molar-refractivity contribution in [1.29, 1.82) is 0 Å². The van der Waals surface area contributed by atoms with Crippen LogP contribution in [0.1, 0.15) is 39.5 Å². The monoisotopic (exact) mass is 358 g/mol. The molecule has 0 unspecified atom stereocenters. The molecular formula is C14H19BrN2O2S. The number of halogens is 1. The second-order valence-corrected chi connectivity index (χ2v) is 7.09. The maximum absolute atomic E-state index is 12.5. The summed E-state index contributed by atoms with van der Waals surface area (Å²) in [6, 6.07) is 2.30. The summed E-state index contributed by atoms with van der Waals surface area (Å²) in [6.45, 7) is 5.48. The van der Waals surface area contributed by atoms with Crippen molar-refractivity contribution in [2.24, 2.45) is 0 Å². The van der Waals surface area contributed by atoms with E-state index in [4.69, 9.17) is 4.74 Å². The van der Waals surface area contributed by atoms with Crippen LogP contribution in [0, 0.1) is 0 Å². The van der Waals surface area contributed by atoms with E-state index < -0.39 is 0 Å². The number of unbranched alkanes of at least 4 members (excludes halogenated alkanes) is 2. The van der Waals surface area contributed by atoms with Crippen molar-refractivity contribution in [3.63, 3.8) is 0 Å². The Morgan fingerprint density at radius 2 is 2.10 bits per heavy atom. The average Bonchev–Trinajstić information content (AvgIpc) is 2.79. The molecule has 6 heteroatoms. The fourth-order valence-corrected chi connectivity index (χ4v) is 3.33. The lowest BCUT2D eigenvalue weighted by Crippen LogP contribution is -2.23. The van der Waals surface area contributed by atoms with Crippen LogP contribution in [0.15, 0.2) is 14.6 Å². The Hall–Kier alpha value is -0.880. The standard InChI is InChI=1S/C14H19BrN2O2S/c1-3-5-7-17-13(18)10-9-11(15)20-12(10)16-14(17)19-8-6-4-2/h9H,3-8H2,1-2H3. The summed E-state index contributed by atoms with van der Waals surface area (Å²) < 4.78 is 8.30. The molecule has 20 heavy (non-hydrogen) atoms. The zero-order valence-electron chi connectivity index (χ0n) is 11.8. The zero-order chi connectivity index (χ0) is 14.5. The molecule has 0 aromatic carbocycles. The highest BCUT2D eigenvalue weighted by Gasteiger charge is 2.14. The Kier molecular flexibility index (Phi) is 5.60. The molecule has 0 amide bonds. The van der Waals surface area contributed by atoms with Gasteiger partial charge < -0.3 is 4.74 Å². The van der Waals surface area contributed by atoms with Crippen LogP contribution in [0.4, 0.5) is 0 Å². The minimum Gasteiger partial charge on any atom is -0.465 e. The lowest BCUT2D eigenvalue weighted by molar-refractivity contribution is 0.266. The number of nitrogens with zero attached hydrogens (tertiary/aromatic N) is 2. The van der Waals surface area contributed by atoms with Gasteiger partial charge in [0.15, 0.2) is 0 Å². The van der Waals surface area contributed by atoms with Gasteiger partial charge in [0.2, 0.25) is 0 Å². The molecule has 0 radical (unpaired) electrons. The van der Waals surface area contributed by atoms with Crippen LogP contribution in [0.5, 0.6) is 6.01 Å². The van der Waals surface area contributed by atoms with Crippen LogP contribution in [0.25, 0.3) is 10.2 Å². The average molecular weight is 359 g/mol. The number of hydrogen-bond acceptors (Lipinski definition) is 4. The SMILES string of the molecule is CCCCOc1nc2sc(Br)cc2c(=O)n1CCCC. The third kappa shape index (κ3) is 3.41. The molecule has 2 rings (SSSR count). The van der Waals surface area contributed by atoms with Crippen LogP contribution in [-0.4, -0.2) is 16.2 Å². The van der Waals surface area contributed by atoms with Crippen LogP contribution in [-0.2, 0) is 6.54 Å². The summed E-state index contributed by atoms with van der Waals surface area (Å²) in [6.07, 6.45) is 4.01. The Labute approximate surface area is 130 Å². The van der Waals surface area contributed by atoms with Gasteiger partial charge in [0.25, 0.3) is 5.56 Å². The van der Waals surface area contributed by atoms with Crippen molar-refractivity contribution < 1.29 is 4.74 Å². The van der Waals surface area contributed by atoms with E-state index in [-0.39, 0.29) is 5.56 Å². The van der Waals surface area contributed by atoms with E-state index in [0.717, 1.165) is 34.3 Å². The maximum Gasteiger partial charge on any atom is 0.300 e. The second-order valence-electron chi connectivity index (χ2n) is 4.68. The molecule has 0 atom stereocenters. The fraction of sp³-hybridized carbons (Fsp3) is 0.571. The third-order valence-corrected chi connectivity index (χ3v) is 4.58. The quantitative estimate of drug-likeness (QED) is 0.696. The number of hydrogen-bond donors (Lipinski definition) is 0. The molecule has 4 nitrogen and oxygen atoms in total. The highest BCUT2D eigenvalue weighted by molar-refractivity contribution is 9.11. The van der Waals surface area contributed by atoms with Crippen LogP contribution < -0.4 is 10.3 Å². The van der Waals surface area contributed by atoms with E-state index in [2.05, 4.69) is 34.8 Å². The van der Waals surface area contributed by atoms with Gasteiger partial charge in [-0.3, -0.25) is 9.36 Å². The van der Waals surface area contributed by atoms with Gasteiger partial charge in [-0.15, -0.1) is 11.3 Å². The molecule has 0 saturated carbocycles. The predicted molar refractivity (Wildman–Crippen MR) is 86.9 cm³/mol. The van der Waals surface area contributed by atoms with Crippen molar-refractivity contribution >= 4 is 37.5 Å². The van der Waals surface area contributed by atoms with Gasteiger partial charge in [-0.2, -0.15) is 4.98 Å². The van der Waals surface area contributed by atoms with Crippen LogP contribution in [0.2, 0.25) is 0 Å². The first-order chi connectivity index (χ1) is 9.67. The highest BCUT2D eigenvalue weighted by Crippen LogP contribution is 2.27. The minimum atomic E-state index is -0.00287. The van der Waals surface area contributed by atoms with Gasteiger partial charge >= 0.3 is 6.01 Å². The minimum absolute atomic E-state index is 0.00287. The normalized spacial score (nSPS) is 11.2. The van der Waals surface area contributed by atoms with Gasteiger partial charge in [0.1, 0.15) is 4.83 Å². The summed E-state index contributed by atoms with van der Waals surface area (Å²) in [5.74, 6) is 0. The van der Waals surface area contributed by atoms with Gasteiger partial charge in [-0.1, -0.05) is 26.7 Å². The summed E-state index contributed by atoms with van der Waals surface area (Å²) in [5, 5.41) is 0.667. The lowest BCUT2D eigenvalue weighted by atomic mass is 10.3. The number of fused-ring (bicyclic) bond motifs is 1. The number of ether oxygens (including phenoxy) is 1. The molecule has 0 aliphatic heterocycles. The topological polar surface area (TPSA) is 44.1 Å². The van der Waals surface area contributed by atoms with Crippen molar-refractivity contribution in [3.8, 4) is 6.01 Å². The first-order valence-corrected chi connectivity index (χ1v) is 8.61. The van der Waals surface area contributed by atoms with Crippen molar-refractivity contribution in [2.75, 3.05) is 6.61 Å². The van der Waals surface area contributed by atoms with Crippen molar-refractivity contribution in [2.45, 2.75) is 46.1 Å². The Bertz CT molecular complexity index is 636. The molecule has 0 N–H and O–H groups in total. The van der Waals surface area contributed by atoms with Gasteiger partial charge in [-0.25, -0.2) is 0 Å². The first kappa shape index (κ1) is 15.5. The Morgan fingerprint density at radius 3 is 2.80 bits per heavy atom. The smallest absolute Gasteiger partial charge is 0.300 e. The van der Waals surface area contributed by atoms with E-state index in [1.165, 1.54) is 11.3 Å². The largest absolute Gasteiger partial charge is 0.465 e.